The fourth-order valence-corrected chi connectivity index (χ4v) is 2.48. The Morgan fingerprint density at radius 1 is 1.36 bits per heavy atom. The highest BCUT2D eigenvalue weighted by Gasteiger charge is 2.31. The second-order valence-electron chi connectivity index (χ2n) is 6.98. The average molecular weight is 395 g/mol. The van der Waals surface area contributed by atoms with E-state index in [9.17, 15) is 13.6 Å². The number of amides is 1. The van der Waals surface area contributed by atoms with Gasteiger partial charge in [-0.2, -0.15) is 5.10 Å². The maximum Gasteiger partial charge on any atom is 0.410 e. The van der Waals surface area contributed by atoms with Gasteiger partial charge >= 0.3 is 6.09 Å². The van der Waals surface area contributed by atoms with Crippen LogP contribution in [0.15, 0.2) is 35.0 Å². The molecule has 1 amide bonds. The van der Waals surface area contributed by atoms with E-state index in [1.54, 1.807) is 20.8 Å². The van der Waals surface area contributed by atoms with Crippen LogP contribution in [0.25, 0.3) is 0 Å². The molecule has 1 saturated heterocycles. The van der Waals surface area contributed by atoms with Crippen LogP contribution in [0, 0.1) is 11.6 Å². The highest BCUT2D eigenvalue weighted by molar-refractivity contribution is 5.89. The smallest absolute Gasteiger partial charge is 0.410 e. The number of benzene rings is 1. The first-order chi connectivity index (χ1) is 13.1. The van der Waals surface area contributed by atoms with Gasteiger partial charge in [0.05, 0.1) is 13.2 Å². The van der Waals surface area contributed by atoms with Crippen LogP contribution < -0.4 is 4.74 Å². The standard InChI is InChI=1S/C19H23F2N3O4/c1-6-17(23-22-5)27-15-9-12(13(20)10-14(15)21)16-11-24(7-8-26-16)18(25)28-19(2,3)4/h6,9-10,16H,1,5,7-8,11H2,2-4H3/b23-17+. The van der Waals surface area contributed by atoms with Crippen molar-refractivity contribution < 1.29 is 27.8 Å². The van der Waals surface area contributed by atoms with E-state index in [4.69, 9.17) is 14.2 Å². The third-order valence-corrected chi connectivity index (χ3v) is 3.67. The van der Waals surface area contributed by atoms with Gasteiger partial charge in [-0.15, -0.1) is 5.10 Å². The number of hydrogen-bond acceptors (Lipinski definition) is 6. The molecule has 7 nitrogen and oxygen atoms in total. The molecular weight excluding hydrogens is 372 g/mol. The lowest BCUT2D eigenvalue weighted by Gasteiger charge is -2.34. The number of nitrogens with zero attached hydrogens (tertiary/aromatic N) is 3. The number of carbonyl (C=O) groups is 1. The van der Waals surface area contributed by atoms with E-state index in [2.05, 4.69) is 23.5 Å². The number of ether oxygens (including phenoxy) is 3. The lowest BCUT2D eigenvalue weighted by Crippen LogP contribution is -2.44. The number of morpholine rings is 1. The molecule has 2 rings (SSSR count). The van der Waals surface area contributed by atoms with Gasteiger partial charge in [-0.25, -0.2) is 13.6 Å². The molecule has 0 spiro atoms. The number of hydrogen-bond donors (Lipinski definition) is 0. The van der Waals surface area contributed by atoms with Crippen molar-refractivity contribution in [2.24, 2.45) is 10.2 Å². The van der Waals surface area contributed by atoms with Gasteiger partial charge in [0.1, 0.15) is 17.5 Å². The molecule has 0 saturated carbocycles. The van der Waals surface area contributed by atoms with E-state index in [0.29, 0.717) is 12.6 Å². The topological polar surface area (TPSA) is 72.7 Å². The lowest BCUT2D eigenvalue weighted by atomic mass is 10.1. The zero-order valence-electron chi connectivity index (χ0n) is 16.1. The summed E-state index contributed by atoms with van der Waals surface area (Å²) in [5, 5.41) is 6.83. The van der Waals surface area contributed by atoms with E-state index in [1.165, 1.54) is 11.0 Å². The molecule has 1 fully saturated rings. The third-order valence-electron chi connectivity index (χ3n) is 3.67. The minimum Gasteiger partial charge on any atom is -0.444 e. The molecule has 1 unspecified atom stereocenters. The molecule has 1 aliphatic rings. The van der Waals surface area contributed by atoms with Crippen LogP contribution in [0.2, 0.25) is 0 Å². The van der Waals surface area contributed by atoms with Crippen molar-refractivity contribution in [3.63, 3.8) is 0 Å². The Hall–Kier alpha value is -2.81. The van der Waals surface area contributed by atoms with Gasteiger partial charge in [0, 0.05) is 24.9 Å². The van der Waals surface area contributed by atoms with E-state index in [0.717, 1.165) is 6.07 Å². The van der Waals surface area contributed by atoms with E-state index in [-0.39, 0.29) is 30.4 Å². The molecule has 0 aromatic heterocycles. The summed E-state index contributed by atoms with van der Waals surface area (Å²) in [5.74, 6) is -2.14. The van der Waals surface area contributed by atoms with E-state index >= 15 is 0 Å². The third kappa shape index (κ3) is 5.59. The maximum atomic E-state index is 14.4. The summed E-state index contributed by atoms with van der Waals surface area (Å²) in [4.78, 5) is 13.7. The molecule has 0 N–H and O–H groups in total. The van der Waals surface area contributed by atoms with E-state index < -0.39 is 29.4 Å². The second-order valence-corrected chi connectivity index (χ2v) is 6.98. The Balaban J connectivity index is 2.25. The predicted molar refractivity (Wildman–Crippen MR) is 101 cm³/mol. The van der Waals surface area contributed by atoms with Gasteiger partial charge in [0.2, 0.25) is 5.90 Å². The first kappa shape index (κ1) is 21.5. The van der Waals surface area contributed by atoms with Crippen LogP contribution in [0.5, 0.6) is 5.75 Å². The molecule has 1 heterocycles. The number of halogens is 2. The summed E-state index contributed by atoms with van der Waals surface area (Å²) in [5.41, 5.74) is -0.619. The maximum absolute atomic E-state index is 14.4. The first-order valence-corrected chi connectivity index (χ1v) is 8.57. The quantitative estimate of drug-likeness (QED) is 0.441. The van der Waals surface area contributed by atoms with Gasteiger partial charge in [-0.1, -0.05) is 6.58 Å². The van der Waals surface area contributed by atoms with Crippen LogP contribution in [-0.4, -0.2) is 48.9 Å². The Morgan fingerprint density at radius 3 is 2.68 bits per heavy atom. The summed E-state index contributed by atoms with van der Waals surface area (Å²) < 4.78 is 44.7. The number of rotatable bonds is 4. The Bertz CT molecular complexity index is 790. The van der Waals surface area contributed by atoms with Gasteiger partial charge in [0.15, 0.2) is 11.6 Å². The summed E-state index contributed by atoms with van der Waals surface area (Å²) in [6.07, 6.45) is -0.137. The molecule has 1 aromatic carbocycles. The fraction of sp³-hybridized carbons (Fsp3) is 0.421. The Labute approximate surface area is 162 Å². The predicted octanol–water partition coefficient (Wildman–Crippen LogP) is 3.85. The van der Waals surface area contributed by atoms with Crippen molar-refractivity contribution in [1.82, 2.24) is 4.90 Å². The first-order valence-electron chi connectivity index (χ1n) is 8.57. The summed E-state index contributed by atoms with van der Waals surface area (Å²) in [6.45, 7) is 12.4. The van der Waals surface area contributed by atoms with Gasteiger partial charge < -0.3 is 19.1 Å². The molecule has 9 heteroatoms. The molecule has 0 bridgehead atoms. The molecule has 1 aliphatic heterocycles. The van der Waals surface area contributed by atoms with Crippen molar-refractivity contribution in [2.75, 3.05) is 19.7 Å². The fourth-order valence-electron chi connectivity index (χ4n) is 2.48. The minimum atomic E-state index is -0.931. The van der Waals surface area contributed by atoms with E-state index in [1.807, 2.05) is 0 Å². The lowest BCUT2D eigenvalue weighted by molar-refractivity contribution is -0.0444. The van der Waals surface area contributed by atoms with Crippen LogP contribution in [0.4, 0.5) is 13.6 Å². The minimum absolute atomic E-state index is 0.0413. The number of carbonyl (C=O) groups excluding carboxylic acids is 1. The SMILES string of the molecule is C=C/C(=N\N=C)Oc1cc(C2CN(C(=O)OC(C)(C)C)CCO2)c(F)cc1F. The highest BCUT2D eigenvalue weighted by atomic mass is 19.1. The molecular formula is C19H23F2N3O4. The summed E-state index contributed by atoms with van der Waals surface area (Å²) in [6, 6.07) is 1.85. The molecule has 152 valence electrons. The average Bonchev–Trinajstić information content (AvgIpc) is 2.62. The van der Waals surface area contributed by atoms with Crippen molar-refractivity contribution in [3.05, 3.63) is 42.0 Å². The molecule has 0 radical (unpaired) electrons. The highest BCUT2D eigenvalue weighted by Crippen LogP contribution is 2.31. The monoisotopic (exact) mass is 395 g/mol. The Morgan fingerprint density at radius 2 is 2.07 bits per heavy atom. The van der Waals surface area contributed by atoms with Gasteiger partial charge in [-0.3, -0.25) is 0 Å². The van der Waals surface area contributed by atoms with Crippen LogP contribution in [0.3, 0.4) is 0 Å². The second kappa shape index (κ2) is 8.92. The van der Waals surface area contributed by atoms with Crippen molar-refractivity contribution in [2.45, 2.75) is 32.5 Å². The largest absolute Gasteiger partial charge is 0.444 e. The molecule has 28 heavy (non-hydrogen) atoms. The van der Waals surface area contributed by atoms with Gasteiger partial charge in [0.25, 0.3) is 0 Å². The van der Waals surface area contributed by atoms with Crippen molar-refractivity contribution >= 4 is 18.7 Å². The zero-order chi connectivity index (χ0) is 20.9. The van der Waals surface area contributed by atoms with Crippen LogP contribution in [0.1, 0.15) is 32.4 Å². The molecule has 1 atom stereocenters. The molecule has 1 aromatic rings. The Kier molecular flexibility index (Phi) is 6.85. The normalized spacial score (nSPS) is 17.8. The van der Waals surface area contributed by atoms with Crippen LogP contribution >= 0.6 is 0 Å². The molecule has 0 aliphatic carbocycles. The van der Waals surface area contributed by atoms with Crippen LogP contribution in [-0.2, 0) is 9.47 Å². The van der Waals surface area contributed by atoms with Crippen molar-refractivity contribution in [3.8, 4) is 5.75 Å². The summed E-state index contributed by atoms with van der Waals surface area (Å²) in [7, 11) is 0. The van der Waals surface area contributed by atoms with Gasteiger partial charge in [-0.05, 0) is 32.9 Å². The summed E-state index contributed by atoms with van der Waals surface area (Å²) >= 11 is 0. The van der Waals surface area contributed by atoms with Crippen molar-refractivity contribution in [1.29, 1.82) is 0 Å². The zero-order valence-corrected chi connectivity index (χ0v) is 16.1.